The normalized spacial score (nSPS) is 17.0. The zero-order valence-electron chi connectivity index (χ0n) is 19.4. The number of likely N-dealkylation sites (N-methyl/N-ethyl adjacent to an activating group) is 1. The lowest BCUT2D eigenvalue weighted by molar-refractivity contribution is -0.136. The van der Waals surface area contributed by atoms with Crippen LogP contribution in [0.1, 0.15) is 47.6 Å². The first-order valence-corrected chi connectivity index (χ1v) is 11.7. The number of aryl methyl sites for hydroxylation is 2. The van der Waals surface area contributed by atoms with Crippen LogP contribution < -0.4 is 15.5 Å². The highest BCUT2D eigenvalue weighted by atomic mass is 16.2. The molecular formula is C26H34N4O2. The predicted molar refractivity (Wildman–Crippen MR) is 129 cm³/mol. The molecule has 0 aliphatic carbocycles. The van der Waals surface area contributed by atoms with Crippen molar-refractivity contribution >= 4 is 23.2 Å². The molecule has 2 aromatic carbocycles. The van der Waals surface area contributed by atoms with Crippen LogP contribution in [0.3, 0.4) is 0 Å². The van der Waals surface area contributed by atoms with E-state index < -0.39 is 11.8 Å². The van der Waals surface area contributed by atoms with Gasteiger partial charge >= 0.3 is 11.8 Å². The molecule has 1 atom stereocenters. The van der Waals surface area contributed by atoms with E-state index in [1.54, 1.807) is 0 Å². The molecule has 1 saturated heterocycles. The fourth-order valence-electron chi connectivity index (χ4n) is 4.99. The molecule has 0 spiro atoms. The number of fused-ring (bicyclic) bond motifs is 1. The van der Waals surface area contributed by atoms with Crippen LogP contribution in [0, 0.1) is 13.8 Å². The fourth-order valence-corrected chi connectivity index (χ4v) is 4.99. The van der Waals surface area contributed by atoms with E-state index >= 15 is 0 Å². The van der Waals surface area contributed by atoms with E-state index in [0.717, 1.165) is 37.2 Å². The Morgan fingerprint density at radius 3 is 2.38 bits per heavy atom. The van der Waals surface area contributed by atoms with E-state index in [2.05, 4.69) is 45.7 Å². The number of likely N-dealkylation sites (tertiary alicyclic amines) is 1. The molecule has 2 N–H and O–H groups in total. The van der Waals surface area contributed by atoms with Gasteiger partial charge in [0.2, 0.25) is 0 Å². The lowest BCUT2D eigenvalue weighted by atomic mass is 9.98. The quantitative estimate of drug-likeness (QED) is 0.706. The molecule has 2 aliphatic heterocycles. The van der Waals surface area contributed by atoms with Crippen LogP contribution in [0.25, 0.3) is 0 Å². The number of nitrogens with zero attached hydrogens (tertiary/aromatic N) is 2. The van der Waals surface area contributed by atoms with Crippen molar-refractivity contribution in [2.75, 3.05) is 43.4 Å². The Balaban J connectivity index is 1.45. The molecule has 2 amide bonds. The summed E-state index contributed by atoms with van der Waals surface area (Å²) < 4.78 is 0. The summed E-state index contributed by atoms with van der Waals surface area (Å²) >= 11 is 0. The maximum Gasteiger partial charge on any atom is 0.313 e. The van der Waals surface area contributed by atoms with E-state index in [0.29, 0.717) is 12.2 Å². The van der Waals surface area contributed by atoms with Crippen LogP contribution in [0.4, 0.5) is 11.4 Å². The highest BCUT2D eigenvalue weighted by molar-refractivity contribution is 6.39. The van der Waals surface area contributed by atoms with Crippen molar-refractivity contribution in [3.05, 3.63) is 58.7 Å². The van der Waals surface area contributed by atoms with Crippen molar-refractivity contribution in [3.8, 4) is 0 Å². The molecule has 32 heavy (non-hydrogen) atoms. The van der Waals surface area contributed by atoms with Gasteiger partial charge in [-0.25, -0.2) is 0 Å². The summed E-state index contributed by atoms with van der Waals surface area (Å²) in [6.07, 6.45) is 4.65. The zero-order valence-corrected chi connectivity index (χ0v) is 19.4. The van der Waals surface area contributed by atoms with Crippen molar-refractivity contribution in [2.24, 2.45) is 0 Å². The third-order valence-corrected chi connectivity index (χ3v) is 6.59. The van der Waals surface area contributed by atoms with E-state index in [4.69, 9.17) is 0 Å². The Kier molecular flexibility index (Phi) is 6.80. The topological polar surface area (TPSA) is 64.7 Å². The summed E-state index contributed by atoms with van der Waals surface area (Å²) in [4.78, 5) is 29.9. The highest BCUT2D eigenvalue weighted by Crippen LogP contribution is 2.32. The van der Waals surface area contributed by atoms with E-state index in [-0.39, 0.29) is 6.04 Å². The van der Waals surface area contributed by atoms with Crippen LogP contribution in [-0.2, 0) is 16.0 Å². The van der Waals surface area contributed by atoms with Gasteiger partial charge in [-0.2, -0.15) is 0 Å². The molecule has 0 unspecified atom stereocenters. The summed E-state index contributed by atoms with van der Waals surface area (Å²) in [6.45, 7) is 7.45. The van der Waals surface area contributed by atoms with Gasteiger partial charge in [0.1, 0.15) is 0 Å². The molecule has 0 bridgehead atoms. The van der Waals surface area contributed by atoms with Crippen LogP contribution in [0.15, 0.2) is 36.4 Å². The number of benzene rings is 2. The molecule has 0 radical (unpaired) electrons. The smallest absolute Gasteiger partial charge is 0.313 e. The molecule has 2 aromatic rings. The number of hydrogen-bond acceptors (Lipinski definition) is 4. The number of carbonyl (C=O) groups is 2. The number of carbonyl (C=O) groups excluding carboxylic acids is 2. The lowest BCUT2D eigenvalue weighted by Gasteiger charge is -2.35. The van der Waals surface area contributed by atoms with Gasteiger partial charge < -0.3 is 15.5 Å². The maximum absolute atomic E-state index is 12.6. The molecule has 1 fully saturated rings. The van der Waals surface area contributed by atoms with E-state index in [1.807, 2.05) is 32.0 Å². The molecule has 0 aromatic heterocycles. The Hall–Kier alpha value is -2.86. The summed E-state index contributed by atoms with van der Waals surface area (Å²) in [5.41, 5.74) is 6.63. The summed E-state index contributed by atoms with van der Waals surface area (Å²) in [7, 11) is 2.13. The summed E-state index contributed by atoms with van der Waals surface area (Å²) in [6, 6.07) is 12.5. The minimum absolute atomic E-state index is 0.0736. The van der Waals surface area contributed by atoms with Gasteiger partial charge in [-0.05, 0) is 86.7 Å². The first-order chi connectivity index (χ1) is 15.4. The summed E-state index contributed by atoms with van der Waals surface area (Å²) in [5.74, 6) is -1.21. The SMILES string of the molecule is Cc1cc(C)cc(NC(=O)C(=O)NC[C@@H](c2ccc3c(c2)CCN3C)N2CCCCC2)c1. The fraction of sp³-hybridized carbons (Fsp3) is 0.462. The van der Waals surface area contributed by atoms with Crippen LogP contribution in [-0.4, -0.2) is 49.9 Å². The van der Waals surface area contributed by atoms with Crippen LogP contribution in [0.2, 0.25) is 0 Å². The minimum Gasteiger partial charge on any atom is -0.374 e. The first kappa shape index (κ1) is 22.3. The van der Waals surface area contributed by atoms with Crippen molar-refractivity contribution in [2.45, 2.75) is 45.6 Å². The van der Waals surface area contributed by atoms with Gasteiger partial charge in [-0.3, -0.25) is 14.5 Å². The Labute approximate surface area is 191 Å². The van der Waals surface area contributed by atoms with Crippen LogP contribution in [0.5, 0.6) is 0 Å². The van der Waals surface area contributed by atoms with Gasteiger partial charge in [-0.15, -0.1) is 0 Å². The zero-order chi connectivity index (χ0) is 22.7. The Bertz CT molecular complexity index is 977. The lowest BCUT2D eigenvalue weighted by Crippen LogP contribution is -2.43. The summed E-state index contributed by atoms with van der Waals surface area (Å²) in [5, 5.41) is 5.64. The molecule has 2 aliphatic rings. The van der Waals surface area contributed by atoms with Gasteiger partial charge in [0.05, 0.1) is 6.04 Å². The molecule has 6 nitrogen and oxygen atoms in total. The number of rotatable bonds is 5. The number of hydrogen-bond donors (Lipinski definition) is 2. The number of piperidine rings is 1. The van der Waals surface area contributed by atoms with Gasteiger partial charge in [0.15, 0.2) is 0 Å². The molecular weight excluding hydrogens is 400 g/mol. The van der Waals surface area contributed by atoms with Crippen molar-refractivity contribution < 1.29 is 9.59 Å². The molecule has 0 saturated carbocycles. The first-order valence-electron chi connectivity index (χ1n) is 11.7. The standard InChI is InChI=1S/C26H34N4O2/c1-18-13-19(2)15-22(14-18)28-26(32)25(31)27-17-24(30-10-5-4-6-11-30)20-7-8-23-21(16-20)9-12-29(23)3/h7-8,13-16,24H,4-6,9-12,17H2,1-3H3,(H,27,31)(H,28,32)/t24-/m0/s1. The van der Waals surface area contributed by atoms with Crippen LogP contribution >= 0.6 is 0 Å². The second-order valence-electron chi connectivity index (χ2n) is 9.21. The van der Waals surface area contributed by atoms with Gasteiger partial charge in [0.25, 0.3) is 0 Å². The number of anilines is 2. The van der Waals surface area contributed by atoms with Gasteiger partial charge in [-0.1, -0.05) is 24.6 Å². The average Bonchev–Trinajstić information content (AvgIpc) is 3.14. The molecule has 6 heteroatoms. The van der Waals surface area contributed by atoms with Crippen molar-refractivity contribution in [1.82, 2.24) is 10.2 Å². The maximum atomic E-state index is 12.6. The average molecular weight is 435 g/mol. The van der Waals surface area contributed by atoms with Crippen molar-refractivity contribution in [1.29, 1.82) is 0 Å². The molecule has 4 rings (SSSR count). The van der Waals surface area contributed by atoms with Crippen molar-refractivity contribution in [3.63, 3.8) is 0 Å². The third kappa shape index (κ3) is 5.13. The number of nitrogens with one attached hydrogen (secondary N) is 2. The highest BCUT2D eigenvalue weighted by Gasteiger charge is 2.26. The second-order valence-corrected chi connectivity index (χ2v) is 9.21. The predicted octanol–water partition coefficient (Wildman–Crippen LogP) is 3.58. The second kappa shape index (κ2) is 9.74. The monoisotopic (exact) mass is 434 g/mol. The van der Waals surface area contributed by atoms with E-state index in [1.165, 1.54) is 36.1 Å². The largest absolute Gasteiger partial charge is 0.374 e. The molecule has 2 heterocycles. The molecule has 170 valence electrons. The Morgan fingerprint density at radius 2 is 1.66 bits per heavy atom. The number of amides is 2. The minimum atomic E-state index is -0.622. The van der Waals surface area contributed by atoms with Gasteiger partial charge in [0, 0.05) is 31.5 Å². The third-order valence-electron chi connectivity index (χ3n) is 6.59. The van der Waals surface area contributed by atoms with E-state index in [9.17, 15) is 9.59 Å². The Morgan fingerprint density at radius 1 is 0.938 bits per heavy atom.